The lowest BCUT2D eigenvalue weighted by Gasteiger charge is -2.01. The molecule has 0 bridgehead atoms. The summed E-state index contributed by atoms with van der Waals surface area (Å²) in [5.74, 6) is 0. The van der Waals surface area contributed by atoms with Crippen LogP contribution in [0.5, 0.6) is 0 Å². The summed E-state index contributed by atoms with van der Waals surface area (Å²) < 4.78 is 0. The number of hydrogen-bond acceptors (Lipinski definition) is 2. The number of benzene rings is 1. The van der Waals surface area contributed by atoms with Crippen molar-refractivity contribution in [2.24, 2.45) is 0 Å². The molecule has 0 aliphatic rings. The summed E-state index contributed by atoms with van der Waals surface area (Å²) >= 11 is 7.68. The molecule has 0 aliphatic carbocycles. The lowest BCUT2D eigenvalue weighted by Crippen LogP contribution is -1.83. The molecule has 3 heteroatoms. The maximum atomic E-state index is 6.09. The summed E-state index contributed by atoms with van der Waals surface area (Å²) in [4.78, 5) is 1.21. The van der Waals surface area contributed by atoms with E-state index in [1.165, 1.54) is 4.88 Å². The van der Waals surface area contributed by atoms with E-state index in [4.69, 9.17) is 17.3 Å². The summed E-state index contributed by atoms with van der Waals surface area (Å²) in [6.07, 6.45) is 0. The Labute approximate surface area is 92.1 Å². The quantitative estimate of drug-likeness (QED) is 0.778. The Hall–Kier alpha value is -0.990. The van der Waals surface area contributed by atoms with Gasteiger partial charge in [0.05, 0.1) is 5.00 Å². The predicted molar refractivity (Wildman–Crippen MR) is 63.9 cm³/mol. The molecule has 2 aromatic rings. The van der Waals surface area contributed by atoms with Crippen molar-refractivity contribution in [3.8, 4) is 11.1 Å². The highest BCUT2D eigenvalue weighted by Gasteiger charge is 2.08. The monoisotopic (exact) mass is 223 g/mol. The highest BCUT2D eigenvalue weighted by Crippen LogP contribution is 2.36. The van der Waals surface area contributed by atoms with Crippen LogP contribution in [0.3, 0.4) is 0 Å². The second kappa shape index (κ2) is 3.64. The molecule has 14 heavy (non-hydrogen) atoms. The van der Waals surface area contributed by atoms with Gasteiger partial charge in [0, 0.05) is 21.0 Å². The fourth-order valence-corrected chi connectivity index (χ4v) is 2.46. The highest BCUT2D eigenvalue weighted by molar-refractivity contribution is 7.16. The number of nitrogen functional groups attached to an aromatic ring is 1. The van der Waals surface area contributed by atoms with E-state index in [0.717, 1.165) is 21.2 Å². The van der Waals surface area contributed by atoms with Gasteiger partial charge in [-0.3, -0.25) is 0 Å². The van der Waals surface area contributed by atoms with Crippen LogP contribution in [-0.4, -0.2) is 0 Å². The Morgan fingerprint density at radius 2 is 1.93 bits per heavy atom. The van der Waals surface area contributed by atoms with Crippen LogP contribution < -0.4 is 5.73 Å². The van der Waals surface area contributed by atoms with Gasteiger partial charge in [-0.05, 0) is 19.1 Å². The fourth-order valence-electron chi connectivity index (χ4n) is 1.42. The van der Waals surface area contributed by atoms with Crippen LogP contribution in [0.15, 0.2) is 30.3 Å². The molecule has 2 rings (SSSR count). The number of thiophene rings is 1. The minimum absolute atomic E-state index is 0.747. The van der Waals surface area contributed by atoms with Gasteiger partial charge < -0.3 is 5.73 Å². The summed E-state index contributed by atoms with van der Waals surface area (Å²) in [5.41, 5.74) is 7.95. The van der Waals surface area contributed by atoms with Crippen LogP contribution in [-0.2, 0) is 0 Å². The predicted octanol–water partition coefficient (Wildman–Crippen LogP) is 3.96. The van der Waals surface area contributed by atoms with E-state index in [0.29, 0.717) is 0 Å². The fraction of sp³-hybridized carbons (Fsp3) is 0.0909. The normalized spacial score (nSPS) is 10.4. The molecule has 0 spiro atoms. The summed E-state index contributed by atoms with van der Waals surface area (Å²) in [7, 11) is 0. The lowest BCUT2D eigenvalue weighted by atomic mass is 10.1. The molecule has 0 radical (unpaired) electrons. The third kappa shape index (κ3) is 1.63. The van der Waals surface area contributed by atoms with Crippen molar-refractivity contribution >= 4 is 27.9 Å². The highest BCUT2D eigenvalue weighted by atomic mass is 35.5. The van der Waals surface area contributed by atoms with Gasteiger partial charge in [-0.15, -0.1) is 11.3 Å². The molecule has 0 aliphatic heterocycles. The van der Waals surface area contributed by atoms with Crippen LogP contribution in [0.2, 0.25) is 5.02 Å². The molecular weight excluding hydrogens is 214 g/mol. The Kier molecular flexibility index (Phi) is 2.48. The van der Waals surface area contributed by atoms with E-state index in [2.05, 4.69) is 6.07 Å². The van der Waals surface area contributed by atoms with Gasteiger partial charge in [-0.2, -0.15) is 0 Å². The maximum Gasteiger partial charge on any atom is 0.0939 e. The first-order valence-electron chi connectivity index (χ1n) is 4.29. The minimum atomic E-state index is 0.747. The molecule has 0 fully saturated rings. The van der Waals surface area contributed by atoms with E-state index < -0.39 is 0 Å². The van der Waals surface area contributed by atoms with Gasteiger partial charge in [0.2, 0.25) is 0 Å². The average Bonchev–Trinajstić information content (AvgIpc) is 2.46. The molecule has 1 nitrogen and oxygen atoms in total. The molecule has 0 atom stereocenters. The molecule has 0 amide bonds. The first-order valence-corrected chi connectivity index (χ1v) is 5.49. The number of aryl methyl sites for hydroxylation is 1. The maximum absolute atomic E-state index is 6.09. The van der Waals surface area contributed by atoms with Crippen LogP contribution >= 0.6 is 22.9 Å². The van der Waals surface area contributed by atoms with Crippen molar-refractivity contribution in [2.45, 2.75) is 6.92 Å². The zero-order valence-electron chi connectivity index (χ0n) is 7.75. The first kappa shape index (κ1) is 9.56. The van der Waals surface area contributed by atoms with Crippen LogP contribution in [0.1, 0.15) is 4.88 Å². The van der Waals surface area contributed by atoms with Crippen LogP contribution in [0.4, 0.5) is 5.00 Å². The Morgan fingerprint density at radius 3 is 2.50 bits per heavy atom. The second-order valence-corrected chi connectivity index (χ2v) is 4.81. The summed E-state index contributed by atoms with van der Waals surface area (Å²) in [6, 6.07) is 9.82. The van der Waals surface area contributed by atoms with Crippen molar-refractivity contribution in [1.82, 2.24) is 0 Å². The minimum Gasteiger partial charge on any atom is -0.390 e. The van der Waals surface area contributed by atoms with Crippen molar-refractivity contribution < 1.29 is 0 Å². The Bertz CT molecular complexity index is 462. The number of rotatable bonds is 1. The first-order chi connectivity index (χ1) is 6.68. The van der Waals surface area contributed by atoms with E-state index in [1.54, 1.807) is 11.3 Å². The van der Waals surface area contributed by atoms with E-state index in [1.807, 2.05) is 31.2 Å². The lowest BCUT2D eigenvalue weighted by molar-refractivity contribution is 1.61. The van der Waals surface area contributed by atoms with Crippen molar-refractivity contribution in [2.75, 3.05) is 5.73 Å². The molecule has 0 saturated carbocycles. The van der Waals surface area contributed by atoms with Gasteiger partial charge in [0.1, 0.15) is 0 Å². The molecule has 0 saturated heterocycles. The summed E-state index contributed by atoms with van der Waals surface area (Å²) in [6.45, 7) is 2.04. The molecule has 1 aromatic carbocycles. The Balaban J connectivity index is 2.60. The zero-order chi connectivity index (χ0) is 10.1. The number of halogens is 1. The molecular formula is C11H10ClNS. The molecule has 1 aromatic heterocycles. The van der Waals surface area contributed by atoms with Crippen molar-refractivity contribution in [3.63, 3.8) is 0 Å². The number of nitrogens with two attached hydrogens (primary N) is 1. The standard InChI is InChI=1S/C11H10ClNS/c1-7-6-9(11(13)14-7)8-4-2-3-5-10(8)12/h2-6H,13H2,1H3. The van der Waals surface area contributed by atoms with Crippen LogP contribution in [0, 0.1) is 6.92 Å². The summed E-state index contributed by atoms with van der Waals surface area (Å²) in [5, 5.41) is 1.58. The third-order valence-corrected chi connectivity index (χ3v) is 3.26. The van der Waals surface area contributed by atoms with Gasteiger partial charge in [-0.25, -0.2) is 0 Å². The number of anilines is 1. The molecule has 0 unspecified atom stereocenters. The van der Waals surface area contributed by atoms with Crippen LogP contribution in [0.25, 0.3) is 11.1 Å². The Morgan fingerprint density at radius 1 is 1.21 bits per heavy atom. The zero-order valence-corrected chi connectivity index (χ0v) is 9.32. The molecule has 1 heterocycles. The third-order valence-electron chi connectivity index (χ3n) is 2.05. The van der Waals surface area contributed by atoms with Gasteiger partial charge >= 0.3 is 0 Å². The second-order valence-electron chi connectivity index (χ2n) is 3.11. The largest absolute Gasteiger partial charge is 0.390 e. The smallest absolute Gasteiger partial charge is 0.0939 e. The van der Waals surface area contributed by atoms with Gasteiger partial charge in [0.25, 0.3) is 0 Å². The van der Waals surface area contributed by atoms with Gasteiger partial charge in [-0.1, -0.05) is 29.8 Å². The average molecular weight is 224 g/mol. The van der Waals surface area contributed by atoms with E-state index in [9.17, 15) is 0 Å². The van der Waals surface area contributed by atoms with E-state index in [-0.39, 0.29) is 0 Å². The van der Waals surface area contributed by atoms with E-state index >= 15 is 0 Å². The van der Waals surface area contributed by atoms with Gasteiger partial charge in [0.15, 0.2) is 0 Å². The molecule has 2 N–H and O–H groups in total. The SMILES string of the molecule is Cc1cc(-c2ccccc2Cl)c(N)s1. The molecule has 72 valence electrons. The van der Waals surface area contributed by atoms with Crippen molar-refractivity contribution in [3.05, 3.63) is 40.2 Å². The topological polar surface area (TPSA) is 26.0 Å². The van der Waals surface area contributed by atoms with Crippen molar-refractivity contribution in [1.29, 1.82) is 0 Å². The number of hydrogen-bond donors (Lipinski definition) is 1.